The van der Waals surface area contributed by atoms with E-state index >= 15 is 0 Å². The molecule has 4 N–H and O–H groups in total. The number of aliphatic hydroxyl groups is 2. The van der Waals surface area contributed by atoms with Crippen LogP contribution in [0.5, 0.6) is 0 Å². The third kappa shape index (κ3) is 5.82. The van der Waals surface area contributed by atoms with Gasteiger partial charge in [-0.1, -0.05) is 84.9 Å². The Kier molecular flexibility index (Phi) is 7.57. The van der Waals surface area contributed by atoms with Crippen LogP contribution in [0, 0.1) is 5.41 Å². The molecule has 2 amide bonds. The standard InChI is InChI=1S/C33H38N2O4/c1-31(2,29(36)34-27(32(3,4)38)25-19-11-15-21-13-7-9-17-23(21)25)30(37)35-28(33(5,6)39)26-20-12-16-22-14-8-10-18-24(22)26/h7-20,27-28,38-39H,1-6H3,(H,34,36)(H,35,37)/t27-,28-/m0/s1. The summed E-state index contributed by atoms with van der Waals surface area (Å²) < 4.78 is 0. The second kappa shape index (κ2) is 10.4. The molecule has 4 aromatic rings. The van der Waals surface area contributed by atoms with Crippen LogP contribution >= 0.6 is 0 Å². The highest BCUT2D eigenvalue weighted by atomic mass is 16.3. The maximum atomic E-state index is 13.7. The van der Waals surface area contributed by atoms with Gasteiger partial charge in [0.25, 0.3) is 0 Å². The number of benzene rings is 4. The van der Waals surface area contributed by atoms with Gasteiger partial charge in [-0.2, -0.15) is 0 Å². The maximum Gasteiger partial charge on any atom is 0.235 e. The quantitative estimate of drug-likeness (QED) is 0.225. The van der Waals surface area contributed by atoms with Gasteiger partial charge in [0.2, 0.25) is 11.8 Å². The Morgan fingerprint density at radius 3 is 1.26 bits per heavy atom. The molecule has 0 heterocycles. The molecular weight excluding hydrogens is 488 g/mol. The molecular formula is C33H38N2O4. The van der Waals surface area contributed by atoms with E-state index in [0.29, 0.717) is 0 Å². The van der Waals surface area contributed by atoms with E-state index in [1.54, 1.807) is 41.5 Å². The molecule has 0 saturated heterocycles. The van der Waals surface area contributed by atoms with Gasteiger partial charge in [0.15, 0.2) is 0 Å². The number of amides is 2. The highest BCUT2D eigenvalue weighted by molar-refractivity contribution is 6.05. The zero-order chi connectivity index (χ0) is 28.6. The molecule has 0 aromatic heterocycles. The van der Waals surface area contributed by atoms with E-state index in [0.717, 1.165) is 32.7 Å². The second-order valence-electron chi connectivity index (χ2n) is 11.9. The van der Waals surface area contributed by atoms with Crippen LogP contribution in [0.25, 0.3) is 21.5 Å². The van der Waals surface area contributed by atoms with Crippen LogP contribution in [0.15, 0.2) is 84.9 Å². The van der Waals surface area contributed by atoms with Crippen molar-refractivity contribution in [2.45, 2.75) is 64.8 Å². The lowest BCUT2D eigenvalue weighted by Gasteiger charge is -2.36. The van der Waals surface area contributed by atoms with Crippen molar-refractivity contribution >= 4 is 33.4 Å². The number of hydrogen-bond donors (Lipinski definition) is 4. The summed E-state index contributed by atoms with van der Waals surface area (Å²) in [5, 5.41) is 31.9. The lowest BCUT2D eigenvalue weighted by molar-refractivity contribution is -0.144. The maximum absolute atomic E-state index is 13.7. The van der Waals surface area contributed by atoms with Crippen LogP contribution in [-0.4, -0.2) is 33.2 Å². The van der Waals surface area contributed by atoms with Crippen molar-refractivity contribution in [1.29, 1.82) is 0 Å². The highest BCUT2D eigenvalue weighted by Gasteiger charge is 2.42. The fraction of sp³-hybridized carbons (Fsp3) is 0.333. The van der Waals surface area contributed by atoms with Gasteiger partial charge >= 0.3 is 0 Å². The first kappa shape index (κ1) is 28.3. The van der Waals surface area contributed by atoms with Crippen molar-refractivity contribution in [3.05, 3.63) is 96.1 Å². The van der Waals surface area contributed by atoms with E-state index in [4.69, 9.17) is 0 Å². The van der Waals surface area contributed by atoms with Crippen LogP contribution in [0.2, 0.25) is 0 Å². The Balaban J connectivity index is 1.65. The van der Waals surface area contributed by atoms with Crippen molar-refractivity contribution in [2.75, 3.05) is 0 Å². The zero-order valence-electron chi connectivity index (χ0n) is 23.4. The topological polar surface area (TPSA) is 98.7 Å². The molecule has 2 atom stereocenters. The largest absolute Gasteiger partial charge is 0.388 e. The molecule has 4 rings (SSSR count). The predicted molar refractivity (Wildman–Crippen MR) is 156 cm³/mol. The first-order valence-corrected chi connectivity index (χ1v) is 13.2. The van der Waals surface area contributed by atoms with Crippen molar-refractivity contribution in [1.82, 2.24) is 10.6 Å². The summed E-state index contributed by atoms with van der Waals surface area (Å²) in [5.74, 6) is -1.07. The number of carbonyl (C=O) groups is 2. The lowest BCUT2D eigenvalue weighted by Crippen LogP contribution is -2.54. The molecule has 4 aromatic carbocycles. The van der Waals surface area contributed by atoms with E-state index < -0.39 is 40.5 Å². The number of rotatable bonds is 8. The first-order valence-electron chi connectivity index (χ1n) is 13.2. The molecule has 0 spiro atoms. The zero-order valence-corrected chi connectivity index (χ0v) is 23.4. The Morgan fingerprint density at radius 2 is 0.897 bits per heavy atom. The summed E-state index contributed by atoms with van der Waals surface area (Å²) in [5.41, 5.74) is -2.62. The van der Waals surface area contributed by atoms with Gasteiger partial charge in [-0.3, -0.25) is 9.59 Å². The SMILES string of the molecule is CC(C)(C(=O)N[C@@H](c1cccc2ccccc12)C(C)(C)O)C(=O)N[C@@H](c1cccc2ccccc12)C(C)(C)O. The Hall–Kier alpha value is -3.74. The number of hydrogen-bond acceptors (Lipinski definition) is 4. The van der Waals surface area contributed by atoms with Crippen LogP contribution in [0.3, 0.4) is 0 Å². The van der Waals surface area contributed by atoms with Gasteiger partial charge in [0, 0.05) is 0 Å². The molecule has 0 unspecified atom stereocenters. The summed E-state index contributed by atoms with van der Waals surface area (Å²) in [6.07, 6.45) is 0. The average molecular weight is 527 g/mol. The number of fused-ring (bicyclic) bond motifs is 2. The molecule has 0 fully saturated rings. The second-order valence-corrected chi connectivity index (χ2v) is 11.9. The minimum absolute atomic E-state index is 0.535. The third-order valence-electron chi connectivity index (χ3n) is 7.37. The fourth-order valence-electron chi connectivity index (χ4n) is 5.00. The molecule has 0 saturated carbocycles. The lowest BCUT2D eigenvalue weighted by atomic mass is 9.84. The van der Waals surface area contributed by atoms with Gasteiger partial charge in [-0.05, 0) is 74.2 Å². The normalized spacial score (nSPS) is 14.2. The molecule has 0 aliphatic carbocycles. The molecule has 39 heavy (non-hydrogen) atoms. The molecule has 0 aliphatic heterocycles. The molecule has 0 radical (unpaired) electrons. The molecule has 0 aliphatic rings. The third-order valence-corrected chi connectivity index (χ3v) is 7.37. The fourth-order valence-corrected chi connectivity index (χ4v) is 5.00. The Morgan fingerprint density at radius 1 is 0.564 bits per heavy atom. The van der Waals surface area contributed by atoms with Crippen molar-refractivity contribution in [2.24, 2.45) is 5.41 Å². The average Bonchev–Trinajstić information content (AvgIpc) is 2.88. The summed E-state index contributed by atoms with van der Waals surface area (Å²) in [7, 11) is 0. The smallest absolute Gasteiger partial charge is 0.235 e. The minimum atomic E-state index is -1.51. The van der Waals surface area contributed by atoms with E-state index in [9.17, 15) is 19.8 Å². The Bertz CT molecular complexity index is 1390. The summed E-state index contributed by atoms with van der Waals surface area (Å²) in [4.78, 5) is 27.4. The summed E-state index contributed by atoms with van der Waals surface area (Å²) >= 11 is 0. The minimum Gasteiger partial charge on any atom is -0.388 e. The van der Waals surface area contributed by atoms with Crippen molar-refractivity contribution in [3.63, 3.8) is 0 Å². The van der Waals surface area contributed by atoms with Crippen LogP contribution in [-0.2, 0) is 9.59 Å². The Labute approximate surface area is 230 Å². The van der Waals surface area contributed by atoms with Gasteiger partial charge in [0.05, 0.1) is 23.3 Å². The van der Waals surface area contributed by atoms with Crippen LogP contribution in [0.1, 0.15) is 64.8 Å². The number of carbonyl (C=O) groups excluding carboxylic acids is 2. The predicted octanol–water partition coefficient (Wildman–Crippen LogP) is 5.58. The van der Waals surface area contributed by atoms with E-state index in [2.05, 4.69) is 10.6 Å². The van der Waals surface area contributed by atoms with Gasteiger partial charge in [0.1, 0.15) is 5.41 Å². The molecule has 6 heteroatoms. The van der Waals surface area contributed by atoms with Crippen molar-refractivity contribution in [3.8, 4) is 0 Å². The number of nitrogens with one attached hydrogen (secondary N) is 2. The summed E-state index contributed by atoms with van der Waals surface area (Å²) in [6, 6.07) is 25.5. The first-order chi connectivity index (χ1) is 18.2. The monoisotopic (exact) mass is 526 g/mol. The van der Waals surface area contributed by atoms with Gasteiger partial charge in [-0.25, -0.2) is 0 Å². The van der Waals surface area contributed by atoms with Gasteiger partial charge < -0.3 is 20.8 Å². The van der Waals surface area contributed by atoms with Crippen LogP contribution < -0.4 is 10.6 Å². The molecule has 6 nitrogen and oxygen atoms in total. The van der Waals surface area contributed by atoms with Gasteiger partial charge in [-0.15, -0.1) is 0 Å². The summed E-state index contributed by atoms with van der Waals surface area (Å²) in [6.45, 7) is 9.64. The van der Waals surface area contributed by atoms with E-state index in [1.807, 2.05) is 84.9 Å². The van der Waals surface area contributed by atoms with Crippen molar-refractivity contribution < 1.29 is 19.8 Å². The van der Waals surface area contributed by atoms with Crippen LogP contribution in [0.4, 0.5) is 0 Å². The van der Waals surface area contributed by atoms with E-state index in [-0.39, 0.29) is 0 Å². The van der Waals surface area contributed by atoms with E-state index in [1.165, 1.54) is 0 Å². The highest BCUT2D eigenvalue weighted by Crippen LogP contribution is 2.35. The molecule has 0 bridgehead atoms. The molecule has 204 valence electrons.